The minimum Gasteiger partial charge on any atom is -0.386 e. The van der Waals surface area contributed by atoms with Crippen LogP contribution in [0.3, 0.4) is 0 Å². The molecule has 15 heteroatoms. The number of amides is 5. The van der Waals surface area contributed by atoms with E-state index in [1.807, 2.05) is 18.3 Å². The second-order valence-electron chi connectivity index (χ2n) is 17.1. The van der Waals surface area contributed by atoms with E-state index < -0.39 is 35.3 Å². The molecule has 3 fully saturated rings. The smallest absolute Gasteiger partial charge is 0.274 e. The van der Waals surface area contributed by atoms with Crippen molar-refractivity contribution in [1.29, 1.82) is 0 Å². The van der Waals surface area contributed by atoms with Gasteiger partial charge in [-0.05, 0) is 115 Å². The van der Waals surface area contributed by atoms with Gasteiger partial charge in [0.2, 0.25) is 11.8 Å². The van der Waals surface area contributed by atoms with Crippen molar-refractivity contribution in [2.45, 2.75) is 101 Å². The number of pyridine rings is 1. The van der Waals surface area contributed by atoms with Crippen LogP contribution in [0.25, 0.3) is 10.9 Å². The molecule has 1 unspecified atom stereocenters. The quantitative estimate of drug-likeness (QED) is 0.0990. The van der Waals surface area contributed by atoms with E-state index in [0.717, 1.165) is 73.8 Å². The van der Waals surface area contributed by atoms with Crippen molar-refractivity contribution < 1.29 is 33.8 Å². The molecule has 4 N–H and O–H groups in total. The Morgan fingerprint density at radius 3 is 2.53 bits per heavy atom. The van der Waals surface area contributed by atoms with E-state index >= 15 is 0 Å². The van der Waals surface area contributed by atoms with Gasteiger partial charge in [0.15, 0.2) is 0 Å². The maximum absolute atomic E-state index is 13.4. The monoisotopic (exact) mass is 804 g/mol. The first-order valence-electron chi connectivity index (χ1n) is 20.7. The Balaban J connectivity index is 0.758. The number of rotatable bonds is 14. The van der Waals surface area contributed by atoms with Crippen molar-refractivity contribution in [1.82, 2.24) is 29.9 Å². The molecule has 0 radical (unpaired) electrons. The summed E-state index contributed by atoms with van der Waals surface area (Å²) >= 11 is 0. The molecule has 4 aromatic rings. The number of piperidine rings is 1. The lowest BCUT2D eigenvalue weighted by atomic mass is 9.86. The molecule has 5 amide bonds. The van der Waals surface area contributed by atoms with Crippen molar-refractivity contribution in [3.8, 4) is 0 Å². The molecule has 310 valence electrons. The van der Waals surface area contributed by atoms with Crippen molar-refractivity contribution in [2.75, 3.05) is 37.4 Å². The predicted octanol–water partition coefficient (Wildman–Crippen LogP) is 5.03. The molecular weight excluding hydrogens is 753 g/mol. The van der Waals surface area contributed by atoms with E-state index in [4.69, 9.17) is 9.84 Å². The second kappa shape index (κ2) is 16.6. The van der Waals surface area contributed by atoms with Gasteiger partial charge in [-0.25, -0.2) is 0 Å². The number of ether oxygens (including phenoxy) is 1. The average Bonchev–Trinajstić information content (AvgIpc) is 3.72. The number of hydrogen-bond acceptors (Lipinski definition) is 11. The SMILES string of the molecule is CN(CCCOC1CC(Nc2cccc3c2C(=O)N(C2CCC(=O)NC2=O)C3=O)C1)CC1CCC(n2cc3cc(NC(=O)c4ccccn4)c(C(C)(C)O)cc3n2)CC1. The van der Waals surface area contributed by atoms with Gasteiger partial charge in [-0.3, -0.25) is 43.9 Å². The van der Waals surface area contributed by atoms with E-state index in [9.17, 15) is 29.1 Å². The van der Waals surface area contributed by atoms with Crippen molar-refractivity contribution in [3.63, 3.8) is 0 Å². The molecule has 2 aromatic heterocycles. The number of benzene rings is 2. The first kappa shape index (κ1) is 40.3. The molecule has 2 aliphatic carbocycles. The Kier molecular flexibility index (Phi) is 11.3. The molecule has 0 spiro atoms. The van der Waals surface area contributed by atoms with Gasteiger partial charge in [-0.15, -0.1) is 0 Å². The molecule has 8 rings (SSSR count). The zero-order valence-electron chi connectivity index (χ0n) is 33.8. The van der Waals surface area contributed by atoms with Crippen LogP contribution in [0.1, 0.15) is 114 Å². The number of nitrogens with zero attached hydrogens (tertiary/aromatic N) is 5. The Morgan fingerprint density at radius 1 is 1.00 bits per heavy atom. The Bertz CT molecular complexity index is 2260. The number of aliphatic hydroxyl groups is 1. The summed E-state index contributed by atoms with van der Waals surface area (Å²) in [7, 11) is 2.17. The van der Waals surface area contributed by atoms with Crippen LogP contribution in [-0.4, -0.2) is 104 Å². The molecule has 4 heterocycles. The highest BCUT2D eigenvalue weighted by Crippen LogP contribution is 2.37. The van der Waals surface area contributed by atoms with Gasteiger partial charge in [0.25, 0.3) is 17.7 Å². The maximum Gasteiger partial charge on any atom is 0.274 e. The fraction of sp³-hybridized carbons (Fsp3) is 0.477. The first-order chi connectivity index (χ1) is 28.3. The van der Waals surface area contributed by atoms with Crippen LogP contribution in [-0.2, 0) is 19.9 Å². The fourth-order valence-electron chi connectivity index (χ4n) is 8.95. The van der Waals surface area contributed by atoms with Gasteiger partial charge >= 0.3 is 0 Å². The Labute approximate surface area is 342 Å². The minimum atomic E-state index is -1.19. The molecule has 1 atom stereocenters. The molecule has 59 heavy (non-hydrogen) atoms. The third-order valence-corrected chi connectivity index (χ3v) is 12.2. The molecule has 2 saturated carbocycles. The van der Waals surface area contributed by atoms with E-state index in [0.29, 0.717) is 35.2 Å². The second-order valence-corrected chi connectivity index (χ2v) is 17.1. The number of anilines is 2. The molecule has 1 saturated heterocycles. The van der Waals surface area contributed by atoms with Gasteiger partial charge in [0.05, 0.1) is 34.4 Å². The molecular formula is C44H52N8O7. The van der Waals surface area contributed by atoms with Gasteiger partial charge in [0.1, 0.15) is 11.7 Å². The zero-order chi connectivity index (χ0) is 41.4. The maximum atomic E-state index is 13.4. The number of carbonyl (C=O) groups is 5. The van der Waals surface area contributed by atoms with Gasteiger partial charge in [0, 0.05) is 66.9 Å². The van der Waals surface area contributed by atoms with Crippen molar-refractivity contribution in [3.05, 3.63) is 83.3 Å². The summed E-state index contributed by atoms with van der Waals surface area (Å²) in [5.74, 6) is -1.78. The van der Waals surface area contributed by atoms with Crippen LogP contribution in [0, 0.1) is 5.92 Å². The van der Waals surface area contributed by atoms with Crippen LogP contribution in [0.5, 0.6) is 0 Å². The third-order valence-electron chi connectivity index (χ3n) is 12.2. The largest absolute Gasteiger partial charge is 0.386 e. The highest BCUT2D eigenvalue weighted by Gasteiger charge is 2.46. The lowest BCUT2D eigenvalue weighted by Crippen LogP contribution is -2.54. The summed E-state index contributed by atoms with van der Waals surface area (Å²) in [6.45, 7) is 6.04. The third kappa shape index (κ3) is 8.63. The Morgan fingerprint density at radius 2 is 1.80 bits per heavy atom. The lowest BCUT2D eigenvalue weighted by molar-refractivity contribution is -0.136. The lowest BCUT2D eigenvalue weighted by Gasteiger charge is -2.36. The standard InChI is InChI=1S/C44H52N8O7/c1-44(2,58)32-23-35-27(20-36(32)47-40(54)34-9-4-5-17-45-34)25-51(49-35)29-13-11-26(12-14-29)24-50(3)18-7-19-59-30-21-28(22-30)46-33-10-6-8-31-39(33)43(57)52(42(31)56)37-15-16-38(53)48-41(37)55/h4-6,8-10,17,20,23,25-26,28-30,37,46,58H,7,11-16,18-19,21-22,24H2,1-3H3,(H,47,54)(H,48,53,55). The van der Waals surface area contributed by atoms with Crippen LogP contribution < -0.4 is 16.0 Å². The predicted molar refractivity (Wildman–Crippen MR) is 220 cm³/mol. The highest BCUT2D eigenvalue weighted by atomic mass is 16.5. The topological polar surface area (TPSA) is 188 Å². The number of fused-ring (bicyclic) bond motifs is 2. The number of hydrogen-bond donors (Lipinski definition) is 4. The molecule has 15 nitrogen and oxygen atoms in total. The summed E-state index contributed by atoms with van der Waals surface area (Å²) in [6.07, 6.45) is 10.7. The van der Waals surface area contributed by atoms with Gasteiger partial charge in [-0.1, -0.05) is 12.1 Å². The van der Waals surface area contributed by atoms with Gasteiger partial charge in [-0.2, -0.15) is 5.10 Å². The van der Waals surface area contributed by atoms with Crippen LogP contribution in [0.2, 0.25) is 0 Å². The molecule has 2 aliphatic heterocycles. The van der Waals surface area contributed by atoms with Crippen LogP contribution in [0.4, 0.5) is 11.4 Å². The van der Waals surface area contributed by atoms with E-state index in [2.05, 4.69) is 37.6 Å². The fourth-order valence-corrected chi connectivity index (χ4v) is 8.95. The number of aromatic nitrogens is 3. The summed E-state index contributed by atoms with van der Waals surface area (Å²) in [5, 5.41) is 25.4. The van der Waals surface area contributed by atoms with E-state index in [1.165, 1.54) is 0 Å². The highest BCUT2D eigenvalue weighted by molar-refractivity contribution is 6.25. The van der Waals surface area contributed by atoms with Crippen molar-refractivity contribution in [2.24, 2.45) is 5.92 Å². The Hall–Kier alpha value is -5.51. The minimum absolute atomic E-state index is 0.0805. The first-order valence-corrected chi connectivity index (χ1v) is 20.7. The summed E-state index contributed by atoms with van der Waals surface area (Å²) in [4.78, 5) is 71.2. The molecule has 2 aromatic carbocycles. The number of imide groups is 2. The van der Waals surface area contributed by atoms with Crippen LogP contribution >= 0.6 is 0 Å². The number of nitrogens with one attached hydrogen (secondary N) is 3. The summed E-state index contributed by atoms with van der Waals surface area (Å²) in [6, 6.07) is 13.5. The summed E-state index contributed by atoms with van der Waals surface area (Å²) in [5.41, 5.74) is 2.15. The number of carbonyl (C=O) groups excluding carboxylic acids is 5. The molecule has 0 bridgehead atoms. The average molecular weight is 805 g/mol. The normalized spacial score (nSPS) is 23.3. The zero-order valence-corrected chi connectivity index (χ0v) is 33.8. The summed E-state index contributed by atoms with van der Waals surface area (Å²) < 4.78 is 8.24. The van der Waals surface area contributed by atoms with Crippen LogP contribution in [0.15, 0.2) is 60.9 Å². The van der Waals surface area contributed by atoms with E-state index in [-0.39, 0.29) is 48.1 Å². The van der Waals surface area contributed by atoms with Crippen molar-refractivity contribution >= 4 is 51.8 Å². The molecule has 4 aliphatic rings. The van der Waals surface area contributed by atoms with E-state index in [1.54, 1.807) is 56.4 Å². The van der Waals surface area contributed by atoms with Gasteiger partial charge < -0.3 is 25.4 Å².